The van der Waals surface area contributed by atoms with Gasteiger partial charge in [0.05, 0.1) is 0 Å². The van der Waals surface area contributed by atoms with Crippen molar-refractivity contribution in [1.82, 2.24) is 0 Å². The number of carbonyl (C=O) groups excluding carboxylic acids is 2. The number of benzene rings is 2. The first kappa shape index (κ1) is 29.4. The number of hydrogen-bond donors (Lipinski definition) is 0. The summed E-state index contributed by atoms with van der Waals surface area (Å²) in [4.78, 5) is 22.6. The van der Waals surface area contributed by atoms with E-state index in [1.807, 2.05) is 12.1 Å². The van der Waals surface area contributed by atoms with Crippen molar-refractivity contribution in [3.63, 3.8) is 0 Å². The lowest BCUT2D eigenvalue weighted by atomic mass is 10.1. The Morgan fingerprint density at radius 2 is 1.53 bits per heavy atom. The molecule has 0 saturated heterocycles. The van der Waals surface area contributed by atoms with Crippen molar-refractivity contribution in [2.75, 3.05) is 13.2 Å². The minimum absolute atomic E-state index is 0.0118. The van der Waals surface area contributed by atoms with Crippen LogP contribution in [0.3, 0.4) is 0 Å². The predicted octanol–water partition coefficient (Wildman–Crippen LogP) is 4.17. The van der Waals surface area contributed by atoms with Gasteiger partial charge in [0.25, 0.3) is 8.32 Å². The van der Waals surface area contributed by atoms with Crippen molar-refractivity contribution in [3.05, 3.63) is 72.8 Å². The van der Waals surface area contributed by atoms with Gasteiger partial charge in [-0.05, 0) is 34.0 Å². The minimum atomic E-state index is -2.56. The maximum absolute atomic E-state index is 11.4. The summed E-state index contributed by atoms with van der Waals surface area (Å²) in [6, 6.07) is 21.2. The Morgan fingerprint density at radius 1 is 0.921 bits per heavy atom. The first-order chi connectivity index (χ1) is 18.1. The Balaban J connectivity index is 1.66. The van der Waals surface area contributed by atoms with Gasteiger partial charge in [-0.2, -0.15) is 0 Å². The van der Waals surface area contributed by atoms with Crippen LogP contribution in [0.2, 0.25) is 5.04 Å². The van der Waals surface area contributed by atoms with Crippen molar-refractivity contribution in [2.24, 2.45) is 0 Å². The van der Waals surface area contributed by atoms with E-state index >= 15 is 0 Å². The summed E-state index contributed by atoms with van der Waals surface area (Å²) < 4.78 is 23.2. The van der Waals surface area contributed by atoms with Gasteiger partial charge in [-0.3, -0.25) is 9.59 Å². The molecular formula is C31H38O6Si. The van der Waals surface area contributed by atoms with Gasteiger partial charge < -0.3 is 18.6 Å². The molecule has 1 aliphatic heterocycles. The molecule has 38 heavy (non-hydrogen) atoms. The summed E-state index contributed by atoms with van der Waals surface area (Å²) in [5.41, 5.74) is 0. The van der Waals surface area contributed by atoms with Gasteiger partial charge in [-0.15, -0.1) is 5.92 Å². The van der Waals surface area contributed by atoms with Crippen LogP contribution in [0.5, 0.6) is 0 Å². The summed E-state index contributed by atoms with van der Waals surface area (Å²) in [7, 11) is -2.56. The van der Waals surface area contributed by atoms with Crippen LogP contribution >= 0.6 is 0 Å². The van der Waals surface area contributed by atoms with Gasteiger partial charge in [-0.1, -0.05) is 87.4 Å². The quantitative estimate of drug-likeness (QED) is 0.158. The Morgan fingerprint density at radius 3 is 2.05 bits per heavy atom. The molecule has 0 amide bonds. The lowest BCUT2D eigenvalue weighted by Crippen LogP contribution is -2.66. The number of unbranched alkanes of at least 4 members (excludes halogenated alkanes) is 1. The Hall–Kier alpha value is -3.18. The zero-order valence-electron chi connectivity index (χ0n) is 22.9. The predicted molar refractivity (Wildman–Crippen MR) is 151 cm³/mol. The van der Waals surface area contributed by atoms with E-state index in [4.69, 9.17) is 18.6 Å². The van der Waals surface area contributed by atoms with Crippen molar-refractivity contribution < 1.29 is 28.2 Å². The number of hydrogen-bond acceptors (Lipinski definition) is 6. The maximum Gasteiger partial charge on any atom is 0.303 e. The number of esters is 2. The van der Waals surface area contributed by atoms with E-state index in [1.165, 1.54) is 24.2 Å². The highest BCUT2D eigenvalue weighted by molar-refractivity contribution is 6.99. The highest BCUT2D eigenvalue weighted by Crippen LogP contribution is 2.36. The third-order valence-electron chi connectivity index (χ3n) is 6.34. The lowest BCUT2D eigenvalue weighted by Gasteiger charge is -2.43. The van der Waals surface area contributed by atoms with Gasteiger partial charge >= 0.3 is 11.9 Å². The van der Waals surface area contributed by atoms with Crippen molar-refractivity contribution in [2.45, 2.75) is 70.8 Å². The second-order valence-corrected chi connectivity index (χ2v) is 14.6. The molecule has 0 aromatic heterocycles. The molecule has 1 heterocycles. The van der Waals surface area contributed by atoms with Crippen LogP contribution in [0.15, 0.2) is 72.8 Å². The van der Waals surface area contributed by atoms with Gasteiger partial charge in [0.1, 0.15) is 24.9 Å². The molecule has 0 N–H and O–H groups in total. The third-order valence-corrected chi connectivity index (χ3v) is 11.4. The topological polar surface area (TPSA) is 71.1 Å². The molecule has 0 fully saturated rings. The molecule has 0 unspecified atom stereocenters. The monoisotopic (exact) mass is 534 g/mol. The highest BCUT2D eigenvalue weighted by atomic mass is 28.4. The largest absolute Gasteiger partial charge is 0.463 e. The van der Waals surface area contributed by atoms with Crippen molar-refractivity contribution >= 4 is 30.6 Å². The van der Waals surface area contributed by atoms with E-state index in [0.717, 1.165) is 6.42 Å². The molecule has 7 heteroatoms. The molecule has 3 atom stereocenters. The molecule has 0 aliphatic carbocycles. The van der Waals surface area contributed by atoms with Gasteiger partial charge in [0.15, 0.2) is 0 Å². The smallest absolute Gasteiger partial charge is 0.303 e. The van der Waals surface area contributed by atoms with Gasteiger partial charge in [-0.25, -0.2) is 0 Å². The number of ether oxygens (including phenoxy) is 3. The Kier molecular flexibility index (Phi) is 10.5. The van der Waals surface area contributed by atoms with Crippen LogP contribution in [-0.2, 0) is 28.2 Å². The molecule has 6 nitrogen and oxygen atoms in total. The molecule has 1 aliphatic rings. The summed E-state index contributed by atoms with van der Waals surface area (Å²) in [6.07, 6.45) is 3.23. The van der Waals surface area contributed by atoms with Crippen LogP contribution in [0.25, 0.3) is 0 Å². The fourth-order valence-electron chi connectivity index (χ4n) is 4.69. The summed E-state index contributed by atoms with van der Waals surface area (Å²) in [5.74, 6) is 5.46. The second-order valence-electron chi connectivity index (χ2n) is 10.3. The molecule has 0 saturated carbocycles. The van der Waals surface area contributed by atoms with Crippen molar-refractivity contribution in [3.8, 4) is 11.8 Å². The fraction of sp³-hybridized carbons (Fsp3) is 0.419. The van der Waals surface area contributed by atoms with E-state index in [1.54, 1.807) is 12.2 Å². The molecule has 0 bridgehead atoms. The zero-order valence-corrected chi connectivity index (χ0v) is 23.9. The highest BCUT2D eigenvalue weighted by Gasteiger charge is 2.49. The number of rotatable bonds is 9. The standard InChI is InChI=1S/C31H38O6Si/c1-24(32)34-23-30-29(36-25(2)33)21-20-26(37-30)15-9-8-14-22-35-38(31(3,4)5,27-16-10-6-11-17-27)28-18-12-7-13-19-28/h6-7,10-13,16-21,26,29-30H,8,14,22-23H2,1-5H3/t26-,29+,30-/m1/s1. The average Bonchev–Trinajstić information content (AvgIpc) is 2.88. The summed E-state index contributed by atoms with van der Waals surface area (Å²) >= 11 is 0. The molecule has 202 valence electrons. The van der Waals surface area contributed by atoms with E-state index in [0.29, 0.717) is 13.0 Å². The van der Waals surface area contributed by atoms with E-state index in [2.05, 4.69) is 81.1 Å². The Labute approximate surface area is 227 Å². The molecular weight excluding hydrogens is 496 g/mol. The number of carbonyl (C=O) groups is 2. The van der Waals surface area contributed by atoms with Crippen LogP contribution in [-0.4, -0.2) is 51.8 Å². The second kappa shape index (κ2) is 13.6. The summed E-state index contributed by atoms with van der Waals surface area (Å²) in [5, 5.41) is 2.44. The third kappa shape index (κ3) is 7.67. The van der Waals surface area contributed by atoms with E-state index in [-0.39, 0.29) is 11.6 Å². The molecule has 0 spiro atoms. The first-order valence-electron chi connectivity index (χ1n) is 13.0. The van der Waals surface area contributed by atoms with E-state index < -0.39 is 38.6 Å². The normalized spacial score (nSPS) is 19.2. The maximum atomic E-state index is 11.4. The first-order valence-corrected chi connectivity index (χ1v) is 14.9. The molecule has 2 aromatic rings. The zero-order chi connectivity index (χ0) is 27.6. The molecule has 0 radical (unpaired) electrons. The van der Waals surface area contributed by atoms with Crippen LogP contribution in [0.4, 0.5) is 0 Å². The SMILES string of the molecule is CC(=O)OC[C@H]1O[C@H](C#CCCCO[Si](c2ccccc2)(c2ccccc2)C(C)(C)C)C=C[C@@H]1OC(C)=O. The van der Waals surface area contributed by atoms with E-state index in [9.17, 15) is 9.59 Å². The van der Waals surface area contributed by atoms with Crippen molar-refractivity contribution in [1.29, 1.82) is 0 Å². The average molecular weight is 535 g/mol. The van der Waals surface area contributed by atoms with Gasteiger partial charge in [0.2, 0.25) is 0 Å². The van der Waals surface area contributed by atoms with Crippen LogP contribution in [0, 0.1) is 11.8 Å². The molecule has 2 aromatic carbocycles. The van der Waals surface area contributed by atoms with Crippen LogP contribution < -0.4 is 10.4 Å². The van der Waals surface area contributed by atoms with Crippen LogP contribution in [0.1, 0.15) is 47.5 Å². The molecule has 3 rings (SSSR count). The minimum Gasteiger partial charge on any atom is -0.463 e. The Bertz CT molecular complexity index is 1100. The summed E-state index contributed by atoms with van der Waals surface area (Å²) in [6.45, 7) is 10.0. The fourth-order valence-corrected chi connectivity index (χ4v) is 9.29. The van der Waals surface area contributed by atoms with Gasteiger partial charge in [0, 0.05) is 26.9 Å². The lowest BCUT2D eigenvalue weighted by molar-refractivity contribution is -0.161.